The Morgan fingerprint density at radius 2 is 1.04 bits per heavy atom. The van der Waals surface area contributed by atoms with Crippen molar-refractivity contribution in [1.29, 1.82) is 0 Å². The summed E-state index contributed by atoms with van der Waals surface area (Å²) in [7, 11) is 0. The van der Waals surface area contributed by atoms with Gasteiger partial charge < -0.3 is 19.3 Å². The van der Waals surface area contributed by atoms with Crippen LogP contribution in [-0.4, -0.2) is 31.8 Å². The first-order chi connectivity index (χ1) is 24.2. The summed E-state index contributed by atoms with van der Waals surface area (Å²) in [6.45, 7) is 12.8. The molecule has 6 nitrogen and oxygen atoms in total. The van der Waals surface area contributed by atoms with Crippen molar-refractivity contribution in [2.75, 3.05) is 0 Å². The van der Waals surface area contributed by atoms with Crippen molar-refractivity contribution in [2.45, 2.75) is 78.8 Å². The molecule has 7 aromatic rings. The Kier molecular flexibility index (Phi) is 8.96. The van der Waals surface area contributed by atoms with Crippen molar-refractivity contribution in [3.8, 4) is 11.5 Å². The van der Waals surface area contributed by atoms with Crippen LogP contribution in [0.15, 0.2) is 101 Å². The minimum Gasteiger partial charge on any atom is -0.507 e. The number of hydrogen-bond donors (Lipinski definition) is 2. The topological polar surface area (TPSA) is 75.0 Å². The highest BCUT2D eigenvalue weighted by molar-refractivity contribution is 6.11. The Morgan fingerprint density at radius 3 is 1.52 bits per heavy atom. The Labute approximate surface area is 294 Å². The van der Waals surface area contributed by atoms with Gasteiger partial charge in [-0.2, -0.15) is 0 Å². The Balaban J connectivity index is 1.30. The largest absolute Gasteiger partial charge is 0.507 e. The predicted octanol–water partition coefficient (Wildman–Crippen LogP) is 11.7. The van der Waals surface area contributed by atoms with Crippen molar-refractivity contribution in [1.82, 2.24) is 9.13 Å². The summed E-state index contributed by atoms with van der Waals surface area (Å²) < 4.78 is 4.70. The van der Waals surface area contributed by atoms with Crippen molar-refractivity contribution in [3.05, 3.63) is 108 Å². The van der Waals surface area contributed by atoms with Gasteiger partial charge in [0.15, 0.2) is 0 Å². The van der Waals surface area contributed by atoms with E-state index in [0.29, 0.717) is 22.5 Å². The van der Waals surface area contributed by atoms with Crippen LogP contribution in [0.25, 0.3) is 43.6 Å². The average molecular weight is 663 g/mol. The molecule has 0 aliphatic heterocycles. The first-order valence-corrected chi connectivity index (χ1v) is 17.9. The molecule has 6 heteroatoms. The van der Waals surface area contributed by atoms with Crippen LogP contribution in [0, 0.1) is 0 Å². The van der Waals surface area contributed by atoms with Crippen molar-refractivity contribution in [3.63, 3.8) is 0 Å². The van der Waals surface area contributed by atoms with Gasteiger partial charge in [-0.1, -0.05) is 89.9 Å². The molecule has 0 radical (unpaired) electrons. The fraction of sp³-hybridized carbons (Fsp3) is 0.273. The van der Waals surface area contributed by atoms with Crippen LogP contribution < -0.4 is 0 Å². The van der Waals surface area contributed by atoms with E-state index in [1.54, 1.807) is 12.4 Å². The molecular weight excluding hydrogens is 617 g/mol. The summed E-state index contributed by atoms with van der Waals surface area (Å²) in [5, 5.41) is 26.8. The zero-order valence-corrected chi connectivity index (χ0v) is 29.7. The van der Waals surface area contributed by atoms with E-state index in [9.17, 15) is 10.2 Å². The van der Waals surface area contributed by atoms with E-state index in [1.807, 2.05) is 42.5 Å². The third kappa shape index (κ3) is 6.15. The van der Waals surface area contributed by atoms with Gasteiger partial charge in [0.2, 0.25) is 0 Å². The lowest BCUT2D eigenvalue weighted by Gasteiger charge is -2.19. The maximum atomic E-state index is 11.2. The number of aromatic hydroxyl groups is 2. The zero-order chi connectivity index (χ0) is 35.0. The number of fused-ring (bicyclic) bond motifs is 6. The second-order valence-electron chi connectivity index (χ2n) is 14.4. The van der Waals surface area contributed by atoms with Crippen LogP contribution in [0.3, 0.4) is 0 Å². The summed E-state index contributed by atoms with van der Waals surface area (Å²) >= 11 is 0. The summed E-state index contributed by atoms with van der Waals surface area (Å²) in [5.41, 5.74) is 8.22. The van der Waals surface area contributed by atoms with Crippen molar-refractivity contribution in [2.24, 2.45) is 9.98 Å². The highest BCUT2D eigenvalue weighted by Gasteiger charge is 2.17. The molecule has 0 unspecified atom stereocenters. The molecule has 2 heterocycles. The van der Waals surface area contributed by atoms with E-state index in [1.165, 1.54) is 11.0 Å². The van der Waals surface area contributed by atoms with Crippen LogP contribution in [0.4, 0.5) is 11.4 Å². The maximum Gasteiger partial charge on any atom is 0.125 e. The number of unbranched alkanes of at least 4 members (excludes halogenated alkanes) is 2. The molecule has 0 atom stereocenters. The molecule has 50 heavy (non-hydrogen) atoms. The zero-order valence-electron chi connectivity index (χ0n) is 29.7. The molecule has 254 valence electrons. The number of para-hydroxylation sites is 2. The van der Waals surface area contributed by atoms with Gasteiger partial charge in [0.25, 0.3) is 0 Å². The number of hydrogen-bond acceptors (Lipinski definition) is 4. The minimum absolute atomic E-state index is 0.0943. The number of benzene rings is 5. The third-order valence-corrected chi connectivity index (χ3v) is 9.84. The van der Waals surface area contributed by atoms with Crippen molar-refractivity contribution >= 4 is 67.4 Å². The molecule has 2 N–H and O–H groups in total. The molecule has 0 spiro atoms. The molecule has 0 saturated carbocycles. The maximum absolute atomic E-state index is 11.2. The molecule has 5 aromatic carbocycles. The number of aliphatic imine (C=N–C) groups is 2. The number of aryl methyl sites for hydroxylation is 2. The monoisotopic (exact) mass is 662 g/mol. The Morgan fingerprint density at radius 1 is 0.560 bits per heavy atom. The van der Waals surface area contributed by atoms with E-state index in [2.05, 4.69) is 92.3 Å². The number of phenolic OH excluding ortho intramolecular Hbond substituents is 2. The SMILES string of the molecule is CCCCn1c2ccccc2c2cc(O)c(C=Nc3ccc(C(C)(C)C)cc3N=Cc3cc4c(cc3O)c3ccccc3n4CCCC)cc21. The Bertz CT molecular complexity index is 2420. The smallest absolute Gasteiger partial charge is 0.125 e. The highest BCUT2D eigenvalue weighted by atomic mass is 16.3. The first-order valence-electron chi connectivity index (χ1n) is 17.9. The second-order valence-corrected chi connectivity index (χ2v) is 14.4. The summed E-state index contributed by atoms with van der Waals surface area (Å²) in [6.07, 6.45) is 7.82. The standard InChI is InChI=1S/C44H46N4O2/c1-6-8-20-47-38-16-12-10-14-32(38)34-25-42(49)29(22-40(34)47)27-45-36-19-18-31(44(3,4)5)24-37(36)46-28-30-23-41-35(26-43(30)50)33-15-11-13-17-39(33)48(41)21-9-7-2/h10-19,22-28,49-50H,6-9,20-21H2,1-5H3. The van der Waals surface area contributed by atoms with Gasteiger partial charge in [0.1, 0.15) is 11.5 Å². The van der Waals surface area contributed by atoms with Gasteiger partial charge in [-0.05, 0) is 72.4 Å². The number of aromatic nitrogens is 2. The summed E-state index contributed by atoms with van der Waals surface area (Å²) in [5.74, 6) is 0.376. The quantitative estimate of drug-likeness (QED) is 0.143. The fourth-order valence-electron chi connectivity index (χ4n) is 7.00. The van der Waals surface area contributed by atoms with Crippen LogP contribution >= 0.6 is 0 Å². The molecule has 2 aromatic heterocycles. The third-order valence-electron chi connectivity index (χ3n) is 9.84. The fourth-order valence-corrected chi connectivity index (χ4v) is 7.00. The van der Waals surface area contributed by atoms with Crippen LogP contribution in [-0.2, 0) is 18.5 Å². The van der Waals surface area contributed by atoms with Gasteiger partial charge in [-0.15, -0.1) is 0 Å². The van der Waals surface area contributed by atoms with E-state index >= 15 is 0 Å². The molecule has 0 aliphatic carbocycles. The van der Waals surface area contributed by atoms with Gasteiger partial charge >= 0.3 is 0 Å². The Hall–Kier alpha value is -5.36. The normalized spacial score (nSPS) is 12.6. The lowest BCUT2D eigenvalue weighted by atomic mass is 9.86. The van der Waals surface area contributed by atoms with Crippen LogP contribution in [0.5, 0.6) is 11.5 Å². The number of rotatable bonds is 10. The summed E-state index contributed by atoms with van der Waals surface area (Å²) in [4.78, 5) is 9.85. The van der Waals surface area contributed by atoms with E-state index in [0.717, 1.165) is 76.9 Å². The molecule has 0 amide bonds. The van der Waals surface area contributed by atoms with Crippen LogP contribution in [0.1, 0.15) is 77.0 Å². The van der Waals surface area contributed by atoms with Crippen molar-refractivity contribution < 1.29 is 10.2 Å². The summed E-state index contributed by atoms with van der Waals surface area (Å²) in [6, 6.07) is 30.7. The number of phenols is 2. The van der Waals surface area contributed by atoms with Gasteiger partial charge in [-0.25, -0.2) is 0 Å². The molecule has 0 fully saturated rings. The lowest BCUT2D eigenvalue weighted by molar-refractivity contribution is 0.474. The number of nitrogens with zero attached hydrogens (tertiary/aromatic N) is 4. The highest BCUT2D eigenvalue weighted by Crippen LogP contribution is 2.38. The molecule has 0 saturated heterocycles. The first kappa shape index (κ1) is 33.2. The van der Waals surface area contributed by atoms with E-state index in [4.69, 9.17) is 9.98 Å². The molecule has 0 bridgehead atoms. The van der Waals surface area contributed by atoms with Gasteiger partial charge in [0.05, 0.1) is 22.4 Å². The molecule has 7 rings (SSSR count). The predicted molar refractivity (Wildman–Crippen MR) is 212 cm³/mol. The second kappa shape index (κ2) is 13.5. The molecular formula is C44H46N4O2. The van der Waals surface area contributed by atoms with Gasteiger partial charge in [0, 0.05) is 69.2 Å². The van der Waals surface area contributed by atoms with E-state index < -0.39 is 0 Å². The van der Waals surface area contributed by atoms with Gasteiger partial charge in [-0.3, -0.25) is 9.98 Å². The minimum atomic E-state index is -0.0943. The lowest BCUT2D eigenvalue weighted by Crippen LogP contribution is -2.10. The molecule has 0 aliphatic rings. The van der Waals surface area contributed by atoms with E-state index in [-0.39, 0.29) is 16.9 Å². The van der Waals surface area contributed by atoms with Crippen LogP contribution in [0.2, 0.25) is 0 Å². The average Bonchev–Trinajstić information content (AvgIpc) is 3.58.